The van der Waals surface area contributed by atoms with Gasteiger partial charge in [0.1, 0.15) is 29.0 Å². The molecule has 0 unspecified atom stereocenters. The number of benzene rings is 4. The van der Waals surface area contributed by atoms with Gasteiger partial charge in [-0.3, -0.25) is 0 Å². The summed E-state index contributed by atoms with van der Waals surface area (Å²) in [5.41, 5.74) is 5.45. The molecular weight excluding hydrogens is 420 g/mol. The van der Waals surface area contributed by atoms with E-state index >= 15 is 0 Å². The van der Waals surface area contributed by atoms with Crippen LogP contribution in [-0.4, -0.2) is 15.1 Å². The normalized spacial score (nSPS) is 11.0. The highest BCUT2D eigenvalue weighted by Crippen LogP contribution is 2.38. The smallest absolute Gasteiger partial charge is 0.137 e. The SMILES string of the molecule is Cc1ccc2nc3c(nc2c1)c(/C=C/C(=C(C#N)C#N)c1ccccc1)c(O)c1ccccc13. The average Bonchev–Trinajstić information content (AvgIpc) is 2.87. The summed E-state index contributed by atoms with van der Waals surface area (Å²) in [6, 6.07) is 26.6. The largest absolute Gasteiger partial charge is 0.507 e. The molecule has 0 fully saturated rings. The Morgan fingerprint density at radius 3 is 2.24 bits per heavy atom. The summed E-state index contributed by atoms with van der Waals surface area (Å²) in [7, 11) is 0. The number of hydrogen-bond acceptors (Lipinski definition) is 5. The van der Waals surface area contributed by atoms with Crippen molar-refractivity contribution < 1.29 is 5.11 Å². The first kappa shape index (κ1) is 20.9. The van der Waals surface area contributed by atoms with Crippen LogP contribution in [0.2, 0.25) is 0 Å². The Bertz CT molecular complexity index is 1720. The fraction of sp³-hybridized carbons (Fsp3) is 0.0345. The highest BCUT2D eigenvalue weighted by Gasteiger charge is 2.16. The van der Waals surface area contributed by atoms with E-state index in [-0.39, 0.29) is 11.3 Å². The number of hydrogen-bond donors (Lipinski definition) is 1. The number of aromatic hydroxyl groups is 1. The van der Waals surface area contributed by atoms with E-state index in [4.69, 9.17) is 9.97 Å². The molecule has 0 saturated heterocycles. The molecule has 4 aromatic carbocycles. The Balaban J connectivity index is 1.84. The Morgan fingerprint density at radius 1 is 0.824 bits per heavy atom. The van der Waals surface area contributed by atoms with Crippen molar-refractivity contribution in [3.63, 3.8) is 0 Å². The second-order valence-corrected chi connectivity index (χ2v) is 7.93. The molecule has 0 spiro atoms. The van der Waals surface area contributed by atoms with Crippen LogP contribution in [0.4, 0.5) is 0 Å². The highest BCUT2D eigenvalue weighted by atomic mass is 16.3. The van der Waals surface area contributed by atoms with Crippen LogP contribution < -0.4 is 0 Å². The second-order valence-electron chi connectivity index (χ2n) is 7.93. The summed E-state index contributed by atoms with van der Waals surface area (Å²) in [5, 5.41) is 31.8. The molecule has 0 atom stereocenters. The Hall–Kier alpha value is -5.00. The van der Waals surface area contributed by atoms with Gasteiger partial charge < -0.3 is 5.11 Å². The maximum absolute atomic E-state index is 11.2. The lowest BCUT2D eigenvalue weighted by Crippen LogP contribution is -1.94. The first-order valence-corrected chi connectivity index (χ1v) is 10.7. The van der Waals surface area contributed by atoms with Gasteiger partial charge in [-0.2, -0.15) is 10.5 Å². The minimum absolute atomic E-state index is 0.0146. The molecule has 5 heteroatoms. The number of phenols is 1. The van der Waals surface area contributed by atoms with E-state index in [2.05, 4.69) is 0 Å². The van der Waals surface area contributed by atoms with Crippen LogP contribution in [-0.2, 0) is 0 Å². The van der Waals surface area contributed by atoms with Crippen LogP contribution in [0, 0.1) is 29.6 Å². The third kappa shape index (κ3) is 3.52. The average molecular weight is 438 g/mol. The molecule has 0 aliphatic heterocycles. The van der Waals surface area contributed by atoms with Crippen LogP contribution in [0.3, 0.4) is 0 Å². The van der Waals surface area contributed by atoms with E-state index in [1.165, 1.54) is 0 Å². The number of fused-ring (bicyclic) bond motifs is 4. The number of phenolic OH excluding ortho intramolecular Hbond substituents is 1. The van der Waals surface area contributed by atoms with E-state index < -0.39 is 0 Å². The lowest BCUT2D eigenvalue weighted by molar-refractivity contribution is 0.481. The van der Waals surface area contributed by atoms with E-state index in [1.54, 1.807) is 12.2 Å². The molecule has 34 heavy (non-hydrogen) atoms. The lowest BCUT2D eigenvalue weighted by atomic mass is 9.97. The molecule has 160 valence electrons. The number of rotatable bonds is 3. The van der Waals surface area contributed by atoms with Crippen molar-refractivity contribution in [2.75, 3.05) is 0 Å². The van der Waals surface area contributed by atoms with Crippen LogP contribution in [0.1, 0.15) is 16.7 Å². The molecule has 5 rings (SSSR count). The maximum atomic E-state index is 11.2. The van der Waals surface area contributed by atoms with Gasteiger partial charge >= 0.3 is 0 Å². The topological polar surface area (TPSA) is 93.6 Å². The summed E-state index contributed by atoms with van der Waals surface area (Å²) in [6.07, 6.45) is 3.39. The number of allylic oxidation sites excluding steroid dienone is 3. The summed E-state index contributed by atoms with van der Waals surface area (Å²) in [4.78, 5) is 9.74. The summed E-state index contributed by atoms with van der Waals surface area (Å²) in [6.45, 7) is 1.99. The van der Waals surface area contributed by atoms with Crippen molar-refractivity contribution in [3.05, 3.63) is 101 Å². The van der Waals surface area contributed by atoms with Gasteiger partial charge in [0.25, 0.3) is 0 Å². The number of nitrogens with zero attached hydrogens (tertiary/aromatic N) is 4. The minimum Gasteiger partial charge on any atom is -0.507 e. The zero-order valence-corrected chi connectivity index (χ0v) is 18.3. The van der Waals surface area contributed by atoms with Crippen molar-refractivity contribution in [1.82, 2.24) is 9.97 Å². The second kappa shape index (κ2) is 8.50. The molecular formula is C29H18N4O. The third-order valence-electron chi connectivity index (χ3n) is 5.76. The predicted molar refractivity (Wildman–Crippen MR) is 135 cm³/mol. The molecule has 0 bridgehead atoms. The van der Waals surface area contributed by atoms with Crippen LogP contribution in [0.25, 0.3) is 44.5 Å². The number of aryl methyl sites for hydroxylation is 1. The van der Waals surface area contributed by atoms with E-state index in [1.807, 2.05) is 91.9 Å². The van der Waals surface area contributed by atoms with Crippen molar-refractivity contribution in [2.45, 2.75) is 6.92 Å². The number of aromatic nitrogens is 2. The molecule has 0 aliphatic rings. The zero-order valence-electron chi connectivity index (χ0n) is 18.3. The van der Waals surface area contributed by atoms with Gasteiger partial charge in [-0.25, -0.2) is 9.97 Å². The molecule has 5 nitrogen and oxygen atoms in total. The van der Waals surface area contributed by atoms with E-state index in [0.717, 1.165) is 27.5 Å². The molecule has 0 aliphatic carbocycles. The monoisotopic (exact) mass is 438 g/mol. The van der Waals surface area contributed by atoms with Crippen molar-refractivity contribution in [2.24, 2.45) is 0 Å². The first-order valence-electron chi connectivity index (χ1n) is 10.7. The van der Waals surface area contributed by atoms with E-state index in [0.29, 0.717) is 27.6 Å². The third-order valence-corrected chi connectivity index (χ3v) is 5.76. The van der Waals surface area contributed by atoms with Crippen molar-refractivity contribution in [3.8, 4) is 17.9 Å². The number of nitriles is 2. The van der Waals surface area contributed by atoms with Crippen LogP contribution in [0.15, 0.2) is 84.4 Å². The molecule has 1 N–H and O–H groups in total. The Morgan fingerprint density at radius 2 is 1.50 bits per heavy atom. The lowest BCUT2D eigenvalue weighted by Gasteiger charge is -2.11. The summed E-state index contributed by atoms with van der Waals surface area (Å²) in [5.74, 6) is 0.0727. The molecule has 0 radical (unpaired) electrons. The van der Waals surface area contributed by atoms with Crippen LogP contribution >= 0.6 is 0 Å². The quantitative estimate of drug-likeness (QED) is 0.151. The van der Waals surface area contributed by atoms with Crippen molar-refractivity contribution in [1.29, 1.82) is 10.5 Å². The van der Waals surface area contributed by atoms with Gasteiger partial charge in [0.15, 0.2) is 0 Å². The standard InChI is InChI=1S/C29H18N4O/c1-18-11-14-25-26(15-18)33-28-24(29(34)23-10-6-5-9-22(23)27(28)32-25)13-12-21(20(16-30)17-31)19-7-3-2-4-8-19/h2-15,34H,1H3/b13-12+. The molecule has 1 aromatic heterocycles. The van der Waals surface area contributed by atoms with Gasteiger partial charge in [-0.1, -0.05) is 66.7 Å². The molecule has 1 heterocycles. The van der Waals surface area contributed by atoms with Crippen molar-refractivity contribution >= 4 is 44.5 Å². The molecule has 5 aromatic rings. The predicted octanol–water partition coefficient (Wildman–Crippen LogP) is 6.46. The van der Waals surface area contributed by atoms with Gasteiger partial charge in [0.2, 0.25) is 0 Å². The maximum Gasteiger partial charge on any atom is 0.137 e. The van der Waals surface area contributed by atoms with Gasteiger partial charge in [-0.15, -0.1) is 0 Å². The fourth-order valence-corrected chi connectivity index (χ4v) is 4.10. The van der Waals surface area contributed by atoms with Gasteiger partial charge in [-0.05, 0) is 36.3 Å². The zero-order chi connectivity index (χ0) is 23.7. The molecule has 0 amide bonds. The Kier molecular flexibility index (Phi) is 5.22. The van der Waals surface area contributed by atoms with E-state index in [9.17, 15) is 15.6 Å². The first-order chi connectivity index (χ1) is 16.6. The Labute approximate surface area is 196 Å². The summed E-state index contributed by atoms with van der Waals surface area (Å²) < 4.78 is 0. The highest BCUT2D eigenvalue weighted by molar-refractivity contribution is 6.12. The summed E-state index contributed by atoms with van der Waals surface area (Å²) >= 11 is 0. The van der Waals surface area contributed by atoms with Gasteiger partial charge in [0, 0.05) is 21.9 Å². The molecule has 0 saturated carbocycles. The minimum atomic E-state index is -0.0146. The van der Waals surface area contributed by atoms with Crippen LogP contribution in [0.5, 0.6) is 5.75 Å². The van der Waals surface area contributed by atoms with Gasteiger partial charge in [0.05, 0.1) is 16.6 Å². The fourth-order valence-electron chi connectivity index (χ4n) is 4.10.